The van der Waals surface area contributed by atoms with E-state index < -0.39 is 0 Å². The third kappa shape index (κ3) is 6.33. The molecule has 0 aliphatic rings. The maximum Gasteiger partial charge on any atom is 0.234 e. The van der Waals surface area contributed by atoms with E-state index in [1.54, 1.807) is 0 Å². The summed E-state index contributed by atoms with van der Waals surface area (Å²) in [7, 11) is 0. The predicted octanol–water partition coefficient (Wildman–Crippen LogP) is 7.16. The van der Waals surface area contributed by atoms with Crippen molar-refractivity contribution in [3.8, 4) is 11.4 Å². The number of anilines is 1. The van der Waals surface area contributed by atoms with Gasteiger partial charge >= 0.3 is 0 Å². The van der Waals surface area contributed by atoms with Crippen LogP contribution in [0.4, 0.5) is 10.1 Å². The van der Waals surface area contributed by atoms with E-state index in [4.69, 9.17) is 4.74 Å². The van der Waals surface area contributed by atoms with Crippen LogP contribution in [0.15, 0.2) is 82.4 Å². The molecule has 9 heteroatoms. The molecular formula is C27H26BrFN4O2S. The Balaban J connectivity index is 1.52. The third-order valence-corrected chi connectivity index (χ3v) is 7.02. The highest BCUT2D eigenvalue weighted by atomic mass is 79.9. The molecule has 186 valence electrons. The van der Waals surface area contributed by atoms with Crippen molar-refractivity contribution in [3.05, 3.63) is 94.5 Å². The van der Waals surface area contributed by atoms with E-state index in [9.17, 15) is 9.18 Å². The molecule has 4 aromatic rings. The highest BCUT2D eigenvalue weighted by Gasteiger charge is 2.22. The quantitative estimate of drug-likeness (QED) is 0.217. The average Bonchev–Trinajstić information content (AvgIpc) is 3.29. The van der Waals surface area contributed by atoms with Gasteiger partial charge in [-0.05, 0) is 76.8 Å². The van der Waals surface area contributed by atoms with Crippen molar-refractivity contribution < 1.29 is 13.9 Å². The van der Waals surface area contributed by atoms with E-state index in [-0.39, 0.29) is 23.6 Å². The molecule has 1 heterocycles. The largest absolute Gasteiger partial charge is 0.483 e. The van der Waals surface area contributed by atoms with Crippen LogP contribution in [0.2, 0.25) is 0 Å². The minimum absolute atomic E-state index is 0.0979. The van der Waals surface area contributed by atoms with Crippen LogP contribution in [0, 0.1) is 5.82 Å². The van der Waals surface area contributed by atoms with Gasteiger partial charge in [0.2, 0.25) is 5.91 Å². The second-order valence-electron chi connectivity index (χ2n) is 8.46. The van der Waals surface area contributed by atoms with Crippen molar-refractivity contribution in [2.24, 2.45) is 0 Å². The molecule has 4 rings (SSSR count). The molecule has 0 radical (unpaired) electrons. The zero-order valence-electron chi connectivity index (χ0n) is 20.1. The number of para-hydroxylation sites is 1. The number of rotatable bonds is 9. The zero-order chi connectivity index (χ0) is 25.7. The van der Waals surface area contributed by atoms with Crippen LogP contribution in [0.25, 0.3) is 5.69 Å². The second kappa shape index (κ2) is 11.7. The summed E-state index contributed by atoms with van der Waals surface area (Å²) in [6, 6.07) is 21.9. The van der Waals surface area contributed by atoms with Crippen molar-refractivity contribution in [2.75, 3.05) is 11.1 Å². The number of nitrogens with zero attached hydrogens (tertiary/aromatic N) is 3. The molecule has 36 heavy (non-hydrogen) atoms. The molecule has 1 aromatic heterocycles. The average molecular weight is 570 g/mol. The predicted molar refractivity (Wildman–Crippen MR) is 144 cm³/mol. The molecule has 0 saturated carbocycles. The van der Waals surface area contributed by atoms with Crippen LogP contribution in [0.5, 0.6) is 5.75 Å². The van der Waals surface area contributed by atoms with Gasteiger partial charge in [-0.1, -0.05) is 55.9 Å². The smallest absolute Gasteiger partial charge is 0.234 e. The molecule has 1 atom stereocenters. The van der Waals surface area contributed by atoms with Crippen LogP contribution < -0.4 is 10.1 Å². The van der Waals surface area contributed by atoms with Crippen LogP contribution in [0.1, 0.15) is 44.2 Å². The number of hydrogen-bond acceptors (Lipinski definition) is 5. The number of carbonyl (C=O) groups is 1. The standard InChI is InChI=1S/C27H26BrFN4O2S/c1-17(2)19-9-12-22(13-10-19)35-18(3)26-31-32-27(33(26)21-7-5-4-6-8-21)36-16-25(34)30-24-14-11-20(29)15-23(24)28/h4-15,17-18H,16H2,1-3H3,(H,30,34). The molecule has 3 aromatic carbocycles. The Morgan fingerprint density at radius 1 is 1.06 bits per heavy atom. The summed E-state index contributed by atoms with van der Waals surface area (Å²) in [6.07, 6.45) is -0.388. The highest BCUT2D eigenvalue weighted by Crippen LogP contribution is 2.29. The molecule has 0 saturated heterocycles. The van der Waals surface area contributed by atoms with Crippen molar-refractivity contribution in [2.45, 2.75) is 37.9 Å². The van der Waals surface area contributed by atoms with E-state index in [1.807, 2.05) is 54.0 Å². The van der Waals surface area contributed by atoms with Crippen molar-refractivity contribution in [1.29, 1.82) is 0 Å². The Morgan fingerprint density at radius 3 is 2.44 bits per heavy atom. The third-order valence-electron chi connectivity index (χ3n) is 5.43. The second-order valence-corrected chi connectivity index (χ2v) is 10.3. The SMILES string of the molecule is CC(C)c1ccc(OC(C)c2nnc(SCC(=O)Nc3ccc(F)cc3Br)n2-c2ccccc2)cc1. The van der Waals surface area contributed by atoms with Crippen molar-refractivity contribution in [3.63, 3.8) is 0 Å². The first-order valence-corrected chi connectivity index (χ1v) is 13.2. The first-order valence-electron chi connectivity index (χ1n) is 11.5. The van der Waals surface area contributed by atoms with Gasteiger partial charge in [0, 0.05) is 10.2 Å². The van der Waals surface area contributed by atoms with Gasteiger partial charge in [0.25, 0.3) is 0 Å². The maximum absolute atomic E-state index is 13.3. The fourth-order valence-electron chi connectivity index (χ4n) is 3.55. The summed E-state index contributed by atoms with van der Waals surface area (Å²) in [6.45, 7) is 6.23. The van der Waals surface area contributed by atoms with Gasteiger partial charge in [-0.15, -0.1) is 10.2 Å². The molecule has 1 N–H and O–H groups in total. The van der Waals surface area contributed by atoms with Gasteiger partial charge in [0.15, 0.2) is 17.1 Å². The van der Waals surface area contributed by atoms with Gasteiger partial charge in [0.05, 0.1) is 11.4 Å². The lowest BCUT2D eigenvalue weighted by molar-refractivity contribution is -0.113. The summed E-state index contributed by atoms with van der Waals surface area (Å²) in [5, 5.41) is 12.1. The molecule has 1 unspecified atom stereocenters. The number of ether oxygens (including phenoxy) is 1. The number of thioether (sulfide) groups is 1. The molecule has 6 nitrogen and oxygen atoms in total. The fraction of sp³-hybridized carbons (Fsp3) is 0.222. The number of halogens is 2. The van der Waals surface area contributed by atoms with Crippen LogP contribution >= 0.6 is 27.7 Å². The van der Waals surface area contributed by atoms with Crippen LogP contribution in [0.3, 0.4) is 0 Å². The lowest BCUT2D eigenvalue weighted by atomic mass is 10.0. The molecule has 0 spiro atoms. The Bertz CT molecular complexity index is 1330. The van der Waals surface area contributed by atoms with Gasteiger partial charge in [0.1, 0.15) is 11.6 Å². The first kappa shape index (κ1) is 25.9. The fourth-order valence-corrected chi connectivity index (χ4v) is 4.76. The van der Waals surface area contributed by atoms with Crippen molar-refractivity contribution >= 4 is 39.3 Å². The topological polar surface area (TPSA) is 69.0 Å². The molecular weight excluding hydrogens is 543 g/mol. The number of hydrogen-bond donors (Lipinski definition) is 1. The van der Waals surface area contributed by atoms with E-state index in [0.29, 0.717) is 27.1 Å². The summed E-state index contributed by atoms with van der Waals surface area (Å²) < 4.78 is 21.9. The molecule has 0 aliphatic heterocycles. The van der Waals surface area contributed by atoms with Gasteiger partial charge in [-0.3, -0.25) is 9.36 Å². The number of amides is 1. The van der Waals surface area contributed by atoms with Crippen molar-refractivity contribution in [1.82, 2.24) is 14.8 Å². The lowest BCUT2D eigenvalue weighted by Crippen LogP contribution is -2.15. The first-order chi connectivity index (χ1) is 17.3. The van der Waals surface area contributed by atoms with Crippen LogP contribution in [-0.4, -0.2) is 26.4 Å². The van der Waals surface area contributed by atoms with E-state index in [0.717, 1.165) is 11.4 Å². The summed E-state index contributed by atoms with van der Waals surface area (Å²) in [4.78, 5) is 12.6. The highest BCUT2D eigenvalue weighted by molar-refractivity contribution is 9.10. The van der Waals surface area contributed by atoms with E-state index >= 15 is 0 Å². The minimum atomic E-state index is -0.388. The Morgan fingerprint density at radius 2 is 1.78 bits per heavy atom. The summed E-state index contributed by atoms with van der Waals surface area (Å²) in [5.41, 5.74) is 2.61. The summed E-state index contributed by atoms with van der Waals surface area (Å²) >= 11 is 4.53. The Kier molecular flexibility index (Phi) is 8.43. The zero-order valence-corrected chi connectivity index (χ0v) is 22.5. The number of benzene rings is 3. The van der Waals surface area contributed by atoms with Gasteiger partial charge in [-0.2, -0.15) is 0 Å². The summed E-state index contributed by atoms with van der Waals surface area (Å²) in [5.74, 6) is 1.28. The number of nitrogens with one attached hydrogen (secondary N) is 1. The van der Waals surface area contributed by atoms with E-state index in [1.165, 1.54) is 35.5 Å². The van der Waals surface area contributed by atoms with E-state index in [2.05, 4.69) is 57.4 Å². The van der Waals surface area contributed by atoms with Gasteiger partial charge < -0.3 is 10.1 Å². The Labute approximate surface area is 222 Å². The molecule has 0 aliphatic carbocycles. The van der Waals surface area contributed by atoms with Gasteiger partial charge in [-0.25, -0.2) is 4.39 Å². The maximum atomic E-state index is 13.3. The minimum Gasteiger partial charge on any atom is -0.483 e. The normalized spacial score (nSPS) is 11.9. The lowest BCUT2D eigenvalue weighted by Gasteiger charge is -2.17. The molecule has 1 amide bonds. The molecule has 0 fully saturated rings. The molecule has 0 bridgehead atoms. The monoisotopic (exact) mass is 568 g/mol. The number of aromatic nitrogens is 3. The number of carbonyl (C=O) groups excluding carboxylic acids is 1. The van der Waals surface area contributed by atoms with Crippen LogP contribution in [-0.2, 0) is 4.79 Å². The Hall–Kier alpha value is -3.17.